The summed E-state index contributed by atoms with van der Waals surface area (Å²) in [5, 5.41) is 0.648. The maximum Gasteiger partial charge on any atom is 0.422 e. The van der Waals surface area contributed by atoms with Crippen molar-refractivity contribution >= 4 is 33.4 Å². The van der Waals surface area contributed by atoms with Gasteiger partial charge in [0.2, 0.25) is 0 Å². The minimum Gasteiger partial charge on any atom is -0.483 e. The van der Waals surface area contributed by atoms with Crippen LogP contribution >= 0.6 is 0 Å². The number of benzene rings is 2. The van der Waals surface area contributed by atoms with E-state index in [1.807, 2.05) is 96.2 Å². The first-order valence-corrected chi connectivity index (χ1v) is 15.8. The number of methoxy groups -OCH3 is 1. The molecule has 1 unspecified atom stereocenters. The number of esters is 1. The third-order valence-corrected chi connectivity index (χ3v) is 8.86. The van der Waals surface area contributed by atoms with Crippen molar-refractivity contribution < 1.29 is 31.6 Å². The molecule has 0 bridgehead atoms. The molecular formula is C36H40F3NO4S. The van der Waals surface area contributed by atoms with Gasteiger partial charge in [0.05, 0.1) is 17.5 Å². The quantitative estimate of drug-likeness (QED) is 0.191. The number of hydrogen-bond acceptors (Lipinski definition) is 4. The molecule has 4 rings (SSSR count). The summed E-state index contributed by atoms with van der Waals surface area (Å²) in [4.78, 5) is 12.6. The number of ether oxygens (including phenoxy) is 2. The average molecular weight is 640 g/mol. The second kappa shape index (κ2) is 12.9. The maximum atomic E-state index is 14.1. The van der Waals surface area contributed by atoms with E-state index in [0.29, 0.717) is 50.1 Å². The van der Waals surface area contributed by atoms with Crippen molar-refractivity contribution in [1.29, 1.82) is 0 Å². The van der Waals surface area contributed by atoms with Crippen LogP contribution in [0.5, 0.6) is 5.75 Å². The number of carbonyl (C=O) groups excluding carboxylic acids is 1. The lowest BCUT2D eigenvalue weighted by molar-refractivity contribution is -0.153. The first-order valence-electron chi connectivity index (χ1n) is 14.7. The summed E-state index contributed by atoms with van der Waals surface area (Å²) in [6.07, 6.45) is 8.58. The predicted octanol–water partition coefficient (Wildman–Crippen LogP) is 9.33. The zero-order chi connectivity index (χ0) is 33.3. The third-order valence-electron chi connectivity index (χ3n) is 7.53. The summed E-state index contributed by atoms with van der Waals surface area (Å²) in [5.74, 6) is -0.386. The minimum absolute atomic E-state index is 0.126. The molecule has 1 aromatic heterocycles. The van der Waals surface area contributed by atoms with Crippen LogP contribution in [0.2, 0.25) is 0 Å². The Hall–Kier alpha value is -3.85. The van der Waals surface area contributed by atoms with Crippen LogP contribution in [0.4, 0.5) is 13.2 Å². The number of nitrogens with zero attached hydrogens (tertiary/aromatic N) is 1. The van der Waals surface area contributed by atoms with Gasteiger partial charge in [-0.05, 0) is 71.2 Å². The van der Waals surface area contributed by atoms with E-state index in [1.165, 1.54) is 13.2 Å². The Labute approximate surface area is 265 Å². The Morgan fingerprint density at radius 3 is 2.33 bits per heavy atom. The fourth-order valence-corrected chi connectivity index (χ4v) is 6.21. The van der Waals surface area contributed by atoms with Gasteiger partial charge < -0.3 is 9.47 Å². The summed E-state index contributed by atoms with van der Waals surface area (Å²) in [6.45, 7) is 12.3. The van der Waals surface area contributed by atoms with Gasteiger partial charge in [-0.3, -0.25) is 3.97 Å². The predicted molar refractivity (Wildman–Crippen MR) is 177 cm³/mol. The molecule has 0 amide bonds. The molecule has 0 saturated carbocycles. The smallest absolute Gasteiger partial charge is 0.422 e. The molecule has 1 heterocycles. The van der Waals surface area contributed by atoms with Gasteiger partial charge in [-0.1, -0.05) is 71.9 Å². The summed E-state index contributed by atoms with van der Waals surface area (Å²) in [7, 11) is -0.378. The van der Waals surface area contributed by atoms with Crippen molar-refractivity contribution in [2.45, 2.75) is 71.9 Å². The molecule has 1 aliphatic rings. The topological polar surface area (TPSA) is 57.5 Å². The van der Waals surface area contributed by atoms with E-state index in [2.05, 4.69) is 0 Å². The van der Waals surface area contributed by atoms with Crippen LogP contribution in [0.1, 0.15) is 71.6 Å². The van der Waals surface area contributed by atoms with Gasteiger partial charge in [-0.2, -0.15) is 13.2 Å². The second-order valence-electron chi connectivity index (χ2n) is 13.1. The van der Waals surface area contributed by atoms with Crippen molar-refractivity contribution in [3.8, 4) is 16.9 Å². The summed E-state index contributed by atoms with van der Waals surface area (Å²) in [6, 6.07) is 9.29. The second-order valence-corrected chi connectivity index (χ2v) is 14.5. The van der Waals surface area contributed by atoms with Crippen molar-refractivity contribution in [1.82, 2.24) is 3.97 Å². The van der Waals surface area contributed by atoms with Gasteiger partial charge in [-0.15, -0.1) is 0 Å². The zero-order valence-corrected chi connectivity index (χ0v) is 27.8. The number of fused-ring (bicyclic) bond motifs is 1. The van der Waals surface area contributed by atoms with Crippen molar-refractivity contribution in [2.24, 2.45) is 0 Å². The first kappa shape index (κ1) is 34.0. The van der Waals surface area contributed by atoms with Crippen LogP contribution in [-0.4, -0.2) is 34.0 Å². The van der Waals surface area contributed by atoms with Crippen LogP contribution < -0.4 is 4.74 Å². The lowest BCUT2D eigenvalue weighted by Crippen LogP contribution is -2.23. The van der Waals surface area contributed by atoms with Crippen molar-refractivity contribution in [3.05, 3.63) is 94.6 Å². The highest BCUT2D eigenvalue weighted by Gasteiger charge is 2.33. The Morgan fingerprint density at radius 1 is 1.00 bits per heavy atom. The Kier molecular flexibility index (Phi) is 9.73. The molecule has 240 valence electrons. The number of halogens is 3. The van der Waals surface area contributed by atoms with Gasteiger partial charge in [0.25, 0.3) is 0 Å². The summed E-state index contributed by atoms with van der Waals surface area (Å²) in [5.41, 5.74) is 3.63. The van der Waals surface area contributed by atoms with Crippen LogP contribution in [0, 0.1) is 0 Å². The number of hydrogen-bond donors (Lipinski definition) is 0. The number of rotatable bonds is 7. The molecule has 3 aromatic rings. The SMILES string of the molecule is COC(=O)/C=C(\C)c1ccc2c(c1)c(-c1cc(C(C)(C)C)cc(C(C)(C)C)c1OCC(F)(F)F)cn2S(=O)C1=CC=CCC=C1. The highest BCUT2D eigenvalue weighted by molar-refractivity contribution is 7.87. The standard InChI is InChI=1S/C36H40F3NO4S/c1-23(17-32(41)43-8)24-15-16-31-27(18-24)29(21-40(31)45(42)26-13-11-9-10-12-14-26)28-19-25(34(2,3)4)20-30(35(5,6)7)33(28)44-22-36(37,38)39/h9,11-21H,10,22H2,1-8H3/b23-17+. The molecule has 2 aromatic carbocycles. The van der Waals surface area contributed by atoms with Crippen LogP contribution in [-0.2, 0) is 31.3 Å². The Balaban J connectivity index is 2.12. The zero-order valence-electron chi connectivity index (χ0n) is 27.0. The number of carbonyl (C=O) groups is 1. The molecular weight excluding hydrogens is 599 g/mol. The van der Waals surface area contributed by atoms with E-state index in [-0.39, 0.29) is 11.2 Å². The van der Waals surface area contributed by atoms with Crippen LogP contribution in [0.3, 0.4) is 0 Å². The highest BCUT2D eigenvalue weighted by Crippen LogP contribution is 2.46. The fourth-order valence-electron chi connectivity index (χ4n) is 5.03. The van der Waals surface area contributed by atoms with E-state index < -0.39 is 35.2 Å². The maximum absolute atomic E-state index is 14.1. The molecule has 1 atom stereocenters. The van der Waals surface area contributed by atoms with E-state index in [4.69, 9.17) is 9.47 Å². The third kappa shape index (κ3) is 7.87. The Morgan fingerprint density at radius 2 is 1.71 bits per heavy atom. The van der Waals surface area contributed by atoms with E-state index in [9.17, 15) is 22.2 Å². The number of alkyl halides is 3. The van der Waals surface area contributed by atoms with Crippen LogP contribution in [0.25, 0.3) is 27.6 Å². The number of allylic oxidation sites excluding steroid dienone is 6. The van der Waals surface area contributed by atoms with E-state index in [0.717, 1.165) is 5.56 Å². The lowest BCUT2D eigenvalue weighted by atomic mass is 9.78. The molecule has 0 aliphatic heterocycles. The lowest BCUT2D eigenvalue weighted by Gasteiger charge is -2.29. The van der Waals surface area contributed by atoms with Gasteiger partial charge in [0, 0.05) is 34.3 Å². The average Bonchev–Trinajstić information content (AvgIpc) is 3.11. The van der Waals surface area contributed by atoms with Gasteiger partial charge >= 0.3 is 12.1 Å². The molecule has 9 heteroatoms. The van der Waals surface area contributed by atoms with Crippen molar-refractivity contribution in [3.63, 3.8) is 0 Å². The molecule has 0 N–H and O–H groups in total. The summed E-state index contributed by atoms with van der Waals surface area (Å²) < 4.78 is 67.0. The largest absolute Gasteiger partial charge is 0.483 e. The summed E-state index contributed by atoms with van der Waals surface area (Å²) >= 11 is 0. The molecule has 0 spiro atoms. The normalized spacial score (nSPS) is 15.2. The molecule has 45 heavy (non-hydrogen) atoms. The molecule has 0 fully saturated rings. The number of aromatic nitrogens is 1. The first-order chi connectivity index (χ1) is 20.9. The molecule has 0 radical (unpaired) electrons. The van der Waals surface area contributed by atoms with E-state index >= 15 is 0 Å². The van der Waals surface area contributed by atoms with E-state index in [1.54, 1.807) is 23.2 Å². The Bertz CT molecular complexity index is 1760. The molecule has 1 aliphatic carbocycles. The monoisotopic (exact) mass is 639 g/mol. The highest BCUT2D eigenvalue weighted by atomic mass is 32.2. The van der Waals surface area contributed by atoms with Gasteiger partial charge in [0.1, 0.15) is 5.75 Å². The fraction of sp³-hybridized carbons (Fsp3) is 0.361. The van der Waals surface area contributed by atoms with Crippen molar-refractivity contribution in [2.75, 3.05) is 13.7 Å². The van der Waals surface area contributed by atoms with Crippen LogP contribution in [0.15, 0.2) is 77.9 Å². The molecule has 5 nitrogen and oxygen atoms in total. The molecule has 0 saturated heterocycles. The van der Waals surface area contributed by atoms with Gasteiger partial charge in [0.15, 0.2) is 17.6 Å². The minimum atomic E-state index is -4.56. The van der Waals surface area contributed by atoms with Gasteiger partial charge in [-0.25, -0.2) is 9.00 Å².